The highest BCUT2D eigenvalue weighted by atomic mass is 19.3. The standard InChI is InChI=1S/C8H10F2O2/c9-8(10)7(12)5-3-1-2-4-6(5)11/h5,8H,1-4H2. The topological polar surface area (TPSA) is 34.1 Å². The van der Waals surface area contributed by atoms with Gasteiger partial charge in [0, 0.05) is 6.42 Å². The Morgan fingerprint density at radius 3 is 2.58 bits per heavy atom. The smallest absolute Gasteiger partial charge is 0.296 e. The van der Waals surface area contributed by atoms with E-state index >= 15 is 0 Å². The first kappa shape index (κ1) is 9.29. The normalized spacial score (nSPS) is 24.6. The lowest BCUT2D eigenvalue weighted by atomic mass is 9.85. The van der Waals surface area contributed by atoms with Crippen molar-refractivity contribution in [2.24, 2.45) is 5.92 Å². The average Bonchev–Trinajstić information content (AvgIpc) is 2.04. The molecule has 0 amide bonds. The van der Waals surface area contributed by atoms with E-state index in [1.807, 2.05) is 0 Å². The van der Waals surface area contributed by atoms with Gasteiger partial charge in [-0.25, -0.2) is 8.78 Å². The summed E-state index contributed by atoms with van der Waals surface area (Å²) in [6.07, 6.45) is -0.969. The quantitative estimate of drug-likeness (QED) is 0.598. The molecule has 1 atom stereocenters. The van der Waals surface area contributed by atoms with E-state index in [1.54, 1.807) is 0 Å². The van der Waals surface area contributed by atoms with Crippen LogP contribution in [0, 0.1) is 5.92 Å². The highest BCUT2D eigenvalue weighted by molar-refractivity contribution is 6.04. The highest BCUT2D eigenvalue weighted by Crippen LogP contribution is 2.23. The Morgan fingerprint density at radius 1 is 1.42 bits per heavy atom. The van der Waals surface area contributed by atoms with Gasteiger partial charge in [0.05, 0.1) is 5.92 Å². The summed E-state index contributed by atoms with van der Waals surface area (Å²) in [6.45, 7) is 0. The number of Topliss-reactive ketones (excluding diaryl/α,β-unsaturated/α-hetero) is 2. The first-order valence-corrected chi connectivity index (χ1v) is 3.97. The fraction of sp³-hybridized carbons (Fsp3) is 0.750. The summed E-state index contributed by atoms with van der Waals surface area (Å²) in [6, 6.07) is 0. The molecule has 0 N–H and O–H groups in total. The van der Waals surface area contributed by atoms with Crippen LogP contribution in [0.4, 0.5) is 8.78 Å². The van der Waals surface area contributed by atoms with Crippen LogP contribution in [-0.2, 0) is 9.59 Å². The van der Waals surface area contributed by atoms with Crippen molar-refractivity contribution in [3.63, 3.8) is 0 Å². The van der Waals surface area contributed by atoms with Crippen LogP contribution in [0.25, 0.3) is 0 Å². The average molecular weight is 176 g/mol. The minimum atomic E-state index is -2.99. The largest absolute Gasteiger partial charge is 0.299 e. The summed E-state index contributed by atoms with van der Waals surface area (Å²) in [5, 5.41) is 0. The molecule has 0 aromatic rings. The first-order valence-electron chi connectivity index (χ1n) is 3.97. The molecule has 12 heavy (non-hydrogen) atoms. The number of hydrogen-bond donors (Lipinski definition) is 0. The SMILES string of the molecule is O=C1CCCCC1C(=O)C(F)F. The fourth-order valence-electron chi connectivity index (χ4n) is 1.44. The van der Waals surface area contributed by atoms with E-state index in [1.165, 1.54) is 0 Å². The lowest BCUT2D eigenvalue weighted by molar-refractivity contribution is -0.141. The third kappa shape index (κ3) is 1.87. The molecule has 0 radical (unpaired) electrons. The maximum absolute atomic E-state index is 11.9. The lowest BCUT2D eigenvalue weighted by Gasteiger charge is -2.18. The minimum Gasteiger partial charge on any atom is -0.299 e. The van der Waals surface area contributed by atoms with Gasteiger partial charge >= 0.3 is 0 Å². The second-order valence-electron chi connectivity index (χ2n) is 2.97. The molecule has 1 fully saturated rings. The number of carbonyl (C=O) groups excluding carboxylic acids is 2. The Hall–Kier alpha value is -0.800. The molecule has 1 aliphatic carbocycles. The van der Waals surface area contributed by atoms with Gasteiger partial charge in [0.1, 0.15) is 5.78 Å². The van der Waals surface area contributed by atoms with Gasteiger partial charge < -0.3 is 0 Å². The van der Waals surface area contributed by atoms with Crippen LogP contribution >= 0.6 is 0 Å². The summed E-state index contributed by atoms with van der Waals surface area (Å²) < 4.78 is 23.8. The molecule has 4 heteroatoms. The van der Waals surface area contributed by atoms with E-state index in [-0.39, 0.29) is 12.2 Å². The summed E-state index contributed by atoms with van der Waals surface area (Å²) in [4.78, 5) is 21.7. The molecule has 0 aromatic heterocycles. The molecular weight excluding hydrogens is 166 g/mol. The minimum absolute atomic E-state index is 0.281. The van der Waals surface area contributed by atoms with Crippen LogP contribution in [0.1, 0.15) is 25.7 Å². The molecule has 1 unspecified atom stereocenters. The molecule has 2 nitrogen and oxygen atoms in total. The van der Waals surface area contributed by atoms with Crippen molar-refractivity contribution in [2.45, 2.75) is 32.1 Å². The van der Waals surface area contributed by atoms with E-state index < -0.39 is 18.1 Å². The van der Waals surface area contributed by atoms with Crippen LogP contribution in [0.5, 0.6) is 0 Å². The zero-order valence-electron chi connectivity index (χ0n) is 6.56. The first-order chi connectivity index (χ1) is 5.63. The number of halogens is 2. The number of rotatable bonds is 2. The summed E-state index contributed by atoms with van der Waals surface area (Å²) in [5.74, 6) is -2.52. The Morgan fingerprint density at radius 2 is 2.08 bits per heavy atom. The number of ketones is 2. The predicted molar refractivity (Wildman–Crippen MR) is 38.0 cm³/mol. The summed E-state index contributed by atoms with van der Waals surface area (Å²) in [5.41, 5.74) is 0. The van der Waals surface area contributed by atoms with Gasteiger partial charge in [-0.15, -0.1) is 0 Å². The van der Waals surface area contributed by atoms with Gasteiger partial charge in [-0.3, -0.25) is 9.59 Å². The van der Waals surface area contributed by atoms with E-state index in [2.05, 4.69) is 0 Å². The number of hydrogen-bond acceptors (Lipinski definition) is 2. The van der Waals surface area contributed by atoms with Gasteiger partial charge in [-0.05, 0) is 12.8 Å². The van der Waals surface area contributed by atoms with Crippen LogP contribution in [0.3, 0.4) is 0 Å². The molecule has 1 rings (SSSR count). The zero-order chi connectivity index (χ0) is 9.14. The second-order valence-corrected chi connectivity index (χ2v) is 2.97. The Kier molecular flexibility index (Phi) is 2.89. The molecule has 1 saturated carbocycles. The van der Waals surface area contributed by atoms with E-state index in [0.717, 1.165) is 6.42 Å². The Balaban J connectivity index is 2.60. The van der Waals surface area contributed by atoms with Gasteiger partial charge in [-0.1, -0.05) is 6.42 Å². The van der Waals surface area contributed by atoms with Crippen molar-refractivity contribution in [3.05, 3.63) is 0 Å². The lowest BCUT2D eigenvalue weighted by Crippen LogP contribution is -2.31. The van der Waals surface area contributed by atoms with E-state index in [0.29, 0.717) is 12.8 Å². The van der Waals surface area contributed by atoms with Crippen LogP contribution < -0.4 is 0 Å². The fourth-order valence-corrected chi connectivity index (χ4v) is 1.44. The van der Waals surface area contributed by atoms with E-state index in [9.17, 15) is 18.4 Å². The zero-order valence-corrected chi connectivity index (χ0v) is 6.56. The van der Waals surface area contributed by atoms with Crippen molar-refractivity contribution >= 4 is 11.6 Å². The van der Waals surface area contributed by atoms with Crippen molar-refractivity contribution in [1.29, 1.82) is 0 Å². The van der Waals surface area contributed by atoms with Crippen molar-refractivity contribution in [3.8, 4) is 0 Å². The molecule has 0 saturated heterocycles. The third-order valence-electron chi connectivity index (χ3n) is 2.11. The second kappa shape index (κ2) is 3.74. The van der Waals surface area contributed by atoms with Gasteiger partial charge in [0.15, 0.2) is 0 Å². The monoisotopic (exact) mass is 176 g/mol. The summed E-state index contributed by atoms with van der Waals surface area (Å²) >= 11 is 0. The molecular formula is C8H10F2O2. The van der Waals surface area contributed by atoms with Gasteiger partial charge in [0.2, 0.25) is 5.78 Å². The van der Waals surface area contributed by atoms with Crippen molar-refractivity contribution in [1.82, 2.24) is 0 Å². The number of carbonyl (C=O) groups is 2. The molecule has 0 heterocycles. The third-order valence-corrected chi connectivity index (χ3v) is 2.11. The molecule has 0 aliphatic heterocycles. The van der Waals surface area contributed by atoms with E-state index in [4.69, 9.17) is 0 Å². The van der Waals surface area contributed by atoms with Crippen LogP contribution in [-0.4, -0.2) is 18.0 Å². The molecule has 68 valence electrons. The Labute approximate surface area is 68.9 Å². The van der Waals surface area contributed by atoms with Crippen molar-refractivity contribution in [2.75, 3.05) is 0 Å². The van der Waals surface area contributed by atoms with Crippen LogP contribution in [0.15, 0.2) is 0 Å². The Bertz CT molecular complexity index is 201. The maximum Gasteiger partial charge on any atom is 0.296 e. The van der Waals surface area contributed by atoms with Crippen LogP contribution in [0.2, 0.25) is 0 Å². The molecule has 0 spiro atoms. The molecule has 1 aliphatic rings. The molecule has 0 aromatic carbocycles. The predicted octanol–water partition coefficient (Wildman–Crippen LogP) is 1.58. The number of alkyl halides is 2. The van der Waals surface area contributed by atoms with Gasteiger partial charge in [-0.2, -0.15) is 0 Å². The van der Waals surface area contributed by atoms with Gasteiger partial charge in [0.25, 0.3) is 6.43 Å². The molecule has 0 bridgehead atoms. The maximum atomic E-state index is 11.9. The van der Waals surface area contributed by atoms with Crippen molar-refractivity contribution < 1.29 is 18.4 Å². The summed E-state index contributed by atoms with van der Waals surface area (Å²) in [7, 11) is 0. The highest BCUT2D eigenvalue weighted by Gasteiger charge is 2.33.